The minimum atomic E-state index is -0.920. The number of unbranched alkanes of at least 4 members (excludes halogenated alkanes) is 1. The smallest absolute Gasteiger partial charge is 0.337 e. The minimum absolute atomic E-state index is 0.116. The Kier molecular flexibility index (Phi) is 8.17. The van der Waals surface area contributed by atoms with Gasteiger partial charge >= 0.3 is 11.9 Å². The summed E-state index contributed by atoms with van der Waals surface area (Å²) in [5.74, 6) is -2.50. The number of rotatable bonds is 8. The van der Waals surface area contributed by atoms with Crippen LogP contribution in [0.3, 0.4) is 0 Å². The van der Waals surface area contributed by atoms with Gasteiger partial charge in [0.05, 0.1) is 25.2 Å². The van der Waals surface area contributed by atoms with E-state index < -0.39 is 23.8 Å². The number of para-hydroxylation sites is 1. The summed E-state index contributed by atoms with van der Waals surface area (Å²) in [5, 5.41) is 3.33. The van der Waals surface area contributed by atoms with E-state index in [1.54, 1.807) is 0 Å². The molecule has 1 aliphatic heterocycles. The molecule has 7 nitrogen and oxygen atoms in total. The molecule has 1 aromatic carbocycles. The molecule has 0 aromatic heterocycles. The van der Waals surface area contributed by atoms with Crippen molar-refractivity contribution in [3.63, 3.8) is 0 Å². The Balaban J connectivity index is 1.82. The van der Waals surface area contributed by atoms with Crippen molar-refractivity contribution >= 4 is 17.7 Å². The van der Waals surface area contributed by atoms with Gasteiger partial charge in [-0.3, -0.25) is 9.59 Å². The summed E-state index contributed by atoms with van der Waals surface area (Å²) in [5.41, 5.74) is 2.97. The fraction of sp³-hybridized carbons (Fsp3) is 0.552. The highest BCUT2D eigenvalue weighted by Crippen LogP contribution is 2.47. The lowest BCUT2D eigenvalue weighted by molar-refractivity contribution is -0.151. The summed E-state index contributed by atoms with van der Waals surface area (Å²) >= 11 is 0. The number of hydrogen-bond acceptors (Lipinski definition) is 7. The van der Waals surface area contributed by atoms with Crippen LogP contribution in [0.25, 0.3) is 0 Å². The van der Waals surface area contributed by atoms with Crippen molar-refractivity contribution < 1.29 is 28.6 Å². The van der Waals surface area contributed by atoms with E-state index in [4.69, 9.17) is 14.2 Å². The molecule has 1 saturated carbocycles. The molecule has 0 saturated heterocycles. The first kappa shape index (κ1) is 26.0. The van der Waals surface area contributed by atoms with E-state index in [1.807, 2.05) is 38.1 Å². The number of allylic oxidation sites excluding steroid dienone is 3. The van der Waals surface area contributed by atoms with Crippen LogP contribution in [0.4, 0.5) is 0 Å². The molecule has 0 spiro atoms. The summed E-state index contributed by atoms with van der Waals surface area (Å²) < 4.78 is 17.1. The van der Waals surface area contributed by atoms with Crippen LogP contribution < -0.4 is 10.1 Å². The lowest BCUT2D eigenvalue weighted by atomic mass is 9.69. The Morgan fingerprint density at radius 2 is 1.86 bits per heavy atom. The van der Waals surface area contributed by atoms with Crippen LogP contribution in [-0.4, -0.2) is 37.5 Å². The molecule has 0 amide bonds. The first-order chi connectivity index (χ1) is 17.4. The zero-order valence-electron chi connectivity index (χ0n) is 21.7. The number of hydrogen-bond donors (Lipinski definition) is 1. The van der Waals surface area contributed by atoms with Crippen molar-refractivity contribution in [3.05, 3.63) is 52.4 Å². The largest absolute Gasteiger partial charge is 0.493 e. The molecule has 1 aromatic rings. The first-order valence-electron chi connectivity index (χ1n) is 13.1. The van der Waals surface area contributed by atoms with E-state index >= 15 is 0 Å². The number of ether oxygens (including phenoxy) is 3. The molecule has 1 fully saturated rings. The summed E-state index contributed by atoms with van der Waals surface area (Å²) in [6, 6.07) is 7.54. The second-order valence-corrected chi connectivity index (χ2v) is 10.1. The first-order valence-corrected chi connectivity index (χ1v) is 13.1. The highest BCUT2D eigenvalue weighted by Gasteiger charge is 2.48. The van der Waals surface area contributed by atoms with E-state index in [-0.39, 0.29) is 17.8 Å². The monoisotopic (exact) mass is 495 g/mol. The number of nitrogens with one attached hydrogen (secondary N) is 1. The van der Waals surface area contributed by atoms with Crippen molar-refractivity contribution in [2.45, 2.75) is 77.7 Å². The number of dihydropyridines is 1. The third-order valence-corrected chi connectivity index (χ3v) is 7.52. The van der Waals surface area contributed by atoms with Crippen molar-refractivity contribution in [2.75, 3.05) is 13.7 Å². The number of carbonyl (C=O) groups excluding carboxylic acids is 3. The number of carbonyl (C=O) groups is 3. The van der Waals surface area contributed by atoms with E-state index in [2.05, 4.69) is 12.2 Å². The van der Waals surface area contributed by atoms with Gasteiger partial charge in [-0.1, -0.05) is 38.5 Å². The Morgan fingerprint density at radius 3 is 2.56 bits per heavy atom. The van der Waals surface area contributed by atoms with E-state index in [0.717, 1.165) is 49.8 Å². The van der Waals surface area contributed by atoms with Crippen molar-refractivity contribution in [1.29, 1.82) is 0 Å². The average Bonchev–Trinajstić information content (AvgIpc) is 3.36. The van der Waals surface area contributed by atoms with Gasteiger partial charge in [0.25, 0.3) is 0 Å². The Morgan fingerprint density at radius 1 is 1.14 bits per heavy atom. The molecular formula is C29H37NO6. The molecule has 1 heterocycles. The zero-order valence-corrected chi connectivity index (χ0v) is 21.7. The molecule has 0 bridgehead atoms. The van der Waals surface area contributed by atoms with Gasteiger partial charge < -0.3 is 19.5 Å². The van der Waals surface area contributed by atoms with Crippen LogP contribution in [0.5, 0.6) is 5.75 Å². The van der Waals surface area contributed by atoms with Crippen LogP contribution in [0, 0.1) is 11.8 Å². The molecule has 0 unspecified atom stereocenters. The maximum absolute atomic E-state index is 13.9. The second kappa shape index (κ2) is 11.3. The standard InChI is InChI=1S/C29H37NO6/c1-5-6-15-35-22-14-10-9-13-20(22)25-24(29(33)36-19-11-7-8-12-19)18(3)30-21-16-17(2)23(28(32)34-4)27(31)26(21)25/h9-10,13-14,17,19,23,25,30H,5-8,11-12,15-16H2,1-4H3/t17-,23-,25+/m0/s1. The van der Waals surface area contributed by atoms with Crippen LogP contribution in [0.15, 0.2) is 46.8 Å². The SMILES string of the molecule is CCCCOc1ccccc1[C@@H]1C(C(=O)OC2CCCC2)=C(C)NC2=C1C(=O)[C@@H](C(=O)OC)[C@@H](C)C2. The maximum Gasteiger partial charge on any atom is 0.337 e. The lowest BCUT2D eigenvalue weighted by Gasteiger charge is -2.38. The average molecular weight is 496 g/mol. The van der Waals surface area contributed by atoms with Crippen LogP contribution in [-0.2, 0) is 23.9 Å². The van der Waals surface area contributed by atoms with Crippen molar-refractivity contribution in [3.8, 4) is 5.75 Å². The molecule has 4 rings (SSSR count). The Labute approximate surface area is 213 Å². The van der Waals surface area contributed by atoms with Gasteiger partial charge in [0.2, 0.25) is 0 Å². The number of benzene rings is 1. The molecule has 3 aliphatic rings. The third kappa shape index (κ3) is 5.06. The zero-order chi connectivity index (χ0) is 25.8. The molecule has 0 radical (unpaired) electrons. The lowest BCUT2D eigenvalue weighted by Crippen LogP contribution is -2.43. The summed E-state index contributed by atoms with van der Waals surface area (Å²) in [7, 11) is 1.30. The number of ketones is 1. The molecular weight excluding hydrogens is 458 g/mol. The quantitative estimate of drug-likeness (QED) is 0.309. The molecule has 2 aliphatic carbocycles. The molecule has 7 heteroatoms. The Hall–Kier alpha value is -3.09. The predicted molar refractivity (Wildman–Crippen MR) is 135 cm³/mol. The van der Waals surface area contributed by atoms with Crippen molar-refractivity contribution in [1.82, 2.24) is 5.32 Å². The van der Waals surface area contributed by atoms with Gasteiger partial charge in [-0.2, -0.15) is 0 Å². The normalized spacial score (nSPS) is 24.3. The highest BCUT2D eigenvalue weighted by atomic mass is 16.5. The Bertz CT molecular complexity index is 1080. The van der Waals surface area contributed by atoms with E-state index in [1.165, 1.54) is 7.11 Å². The minimum Gasteiger partial charge on any atom is -0.493 e. The second-order valence-electron chi connectivity index (χ2n) is 10.1. The van der Waals surface area contributed by atoms with E-state index in [0.29, 0.717) is 35.6 Å². The highest BCUT2D eigenvalue weighted by molar-refractivity contribution is 6.12. The predicted octanol–water partition coefficient (Wildman–Crippen LogP) is 4.96. The maximum atomic E-state index is 13.9. The van der Waals surface area contributed by atoms with Gasteiger partial charge in [0.15, 0.2) is 5.78 Å². The summed E-state index contributed by atoms with van der Waals surface area (Å²) in [6.07, 6.45) is 6.04. The van der Waals surface area contributed by atoms with E-state index in [9.17, 15) is 14.4 Å². The summed E-state index contributed by atoms with van der Waals surface area (Å²) in [4.78, 5) is 40.2. The molecule has 36 heavy (non-hydrogen) atoms. The number of esters is 2. The molecule has 1 N–H and O–H groups in total. The topological polar surface area (TPSA) is 90.9 Å². The fourth-order valence-electron chi connectivity index (χ4n) is 5.66. The number of methoxy groups -OCH3 is 1. The van der Waals surface area contributed by atoms with Gasteiger partial charge in [-0.25, -0.2) is 4.79 Å². The van der Waals surface area contributed by atoms with Gasteiger partial charge in [0, 0.05) is 22.5 Å². The van der Waals surface area contributed by atoms with Gasteiger partial charge in [-0.05, 0) is 57.4 Å². The molecule has 194 valence electrons. The van der Waals surface area contributed by atoms with Crippen LogP contribution in [0.1, 0.15) is 77.2 Å². The summed E-state index contributed by atoms with van der Waals surface area (Å²) in [6.45, 7) is 6.36. The van der Waals surface area contributed by atoms with Crippen LogP contribution >= 0.6 is 0 Å². The molecule has 3 atom stereocenters. The number of Topliss-reactive ketones (excluding diaryl/α,β-unsaturated/α-hetero) is 1. The van der Waals surface area contributed by atoms with Crippen molar-refractivity contribution in [2.24, 2.45) is 11.8 Å². The van der Waals surface area contributed by atoms with Crippen LogP contribution in [0.2, 0.25) is 0 Å². The fourth-order valence-corrected chi connectivity index (χ4v) is 5.66. The third-order valence-electron chi connectivity index (χ3n) is 7.52. The van der Waals surface area contributed by atoms with Gasteiger partial charge in [0.1, 0.15) is 17.8 Å². The van der Waals surface area contributed by atoms with Gasteiger partial charge in [-0.15, -0.1) is 0 Å².